The van der Waals surface area contributed by atoms with Crippen molar-refractivity contribution in [1.29, 1.82) is 0 Å². The maximum atomic E-state index is 2.52. The van der Waals surface area contributed by atoms with E-state index in [-0.39, 0.29) is 44.0 Å². The van der Waals surface area contributed by atoms with Crippen molar-refractivity contribution in [3.05, 3.63) is 109 Å². The van der Waals surface area contributed by atoms with Crippen LogP contribution in [0, 0.1) is 63.8 Å². The Morgan fingerprint density at radius 1 is 0.758 bits per heavy atom. The van der Waals surface area contributed by atoms with Crippen molar-refractivity contribution in [2.45, 2.75) is 74.3 Å². The van der Waals surface area contributed by atoms with Crippen LogP contribution in [0.15, 0.2) is 36.4 Å². The summed E-state index contributed by atoms with van der Waals surface area (Å²) in [6.45, 7) is 18.4. The van der Waals surface area contributed by atoms with Crippen LogP contribution in [-0.2, 0) is 40.6 Å². The predicted octanol–water partition coefficient (Wildman–Crippen LogP) is 6.85. The maximum Gasteiger partial charge on any atom is 4.00 e. The molecular formula is C31H46SiTi. The normalized spacial score (nSPS) is 10.9. The quantitative estimate of drug-likeness (QED) is 0.260. The van der Waals surface area contributed by atoms with Crippen molar-refractivity contribution in [3.63, 3.8) is 0 Å². The summed E-state index contributed by atoms with van der Waals surface area (Å²) in [6, 6.07) is 15.6. The van der Waals surface area contributed by atoms with E-state index in [1.165, 1.54) is 50.6 Å². The van der Waals surface area contributed by atoms with E-state index in [0.29, 0.717) is 0 Å². The summed E-state index contributed by atoms with van der Waals surface area (Å²) >= 11 is 0. The standard InChI is InChI=1S/C28H37Si.3CH3.Ti/c1-9-24-14-25(10-2)16-26(15-24)29(28-13-11-12-18(3)19(28)4)17-27-22(7)20(5)21(6)23(27)8;;;;/h11-16,29H,9-10,17H2,1-8H3;3*1H3;/q4*-1;+4. The smallest absolute Gasteiger partial charge is 0.358 e. The van der Waals surface area contributed by atoms with Gasteiger partial charge in [-0.25, -0.2) is 0 Å². The fourth-order valence-electron chi connectivity index (χ4n) is 4.77. The molecule has 0 aromatic heterocycles. The van der Waals surface area contributed by atoms with E-state index < -0.39 is 8.80 Å². The van der Waals surface area contributed by atoms with Gasteiger partial charge in [0.25, 0.3) is 0 Å². The molecule has 0 amide bonds. The third-order valence-corrected chi connectivity index (χ3v) is 10.6. The van der Waals surface area contributed by atoms with E-state index in [1.807, 2.05) is 0 Å². The van der Waals surface area contributed by atoms with E-state index in [1.54, 1.807) is 15.9 Å². The molecule has 0 bridgehead atoms. The molecule has 0 nitrogen and oxygen atoms in total. The van der Waals surface area contributed by atoms with E-state index >= 15 is 0 Å². The number of hydrogen-bond donors (Lipinski definition) is 0. The zero-order chi connectivity index (χ0) is 21.3. The van der Waals surface area contributed by atoms with Crippen LogP contribution in [0.5, 0.6) is 0 Å². The van der Waals surface area contributed by atoms with E-state index in [2.05, 4.69) is 91.8 Å². The van der Waals surface area contributed by atoms with Crippen LogP contribution >= 0.6 is 0 Å². The third-order valence-electron chi connectivity index (χ3n) is 7.32. The predicted molar refractivity (Wildman–Crippen MR) is 151 cm³/mol. The Morgan fingerprint density at radius 2 is 1.30 bits per heavy atom. The fraction of sp³-hybridized carbons (Fsp3) is 0.355. The Bertz CT molecular complexity index is 978. The molecule has 1 unspecified atom stereocenters. The second-order valence-electron chi connectivity index (χ2n) is 8.81. The molecule has 0 fully saturated rings. The molecule has 0 spiro atoms. The molecule has 0 aliphatic carbocycles. The monoisotopic (exact) mass is 494 g/mol. The van der Waals surface area contributed by atoms with Crippen LogP contribution in [-0.4, -0.2) is 8.80 Å². The Hall–Kier alpha value is -1.28. The molecule has 178 valence electrons. The van der Waals surface area contributed by atoms with Gasteiger partial charge in [0.05, 0.1) is 0 Å². The number of rotatable bonds is 6. The SMILES string of the molecule is CCc1cc(CC)cc([SiH](Cc2c(C)c(C)c(C)[c-]2C)c2cccc(C)c2C)c1.[CH3-].[CH3-].[CH3-].[Ti+4]. The van der Waals surface area contributed by atoms with Crippen molar-refractivity contribution in [2.75, 3.05) is 0 Å². The molecule has 2 heteroatoms. The van der Waals surface area contributed by atoms with Gasteiger partial charge >= 0.3 is 21.7 Å². The number of aryl methyl sites for hydroxylation is 3. The second kappa shape index (κ2) is 14.2. The van der Waals surface area contributed by atoms with Gasteiger partial charge in [-0.05, 0) is 55.0 Å². The first-order valence-corrected chi connectivity index (χ1v) is 13.2. The van der Waals surface area contributed by atoms with Crippen LogP contribution in [0.1, 0.15) is 63.9 Å². The first-order valence-electron chi connectivity index (χ1n) is 11.2. The van der Waals surface area contributed by atoms with Crippen LogP contribution in [0.3, 0.4) is 0 Å². The zero-order valence-corrected chi connectivity index (χ0v) is 25.9. The van der Waals surface area contributed by atoms with E-state index in [0.717, 1.165) is 12.8 Å². The minimum Gasteiger partial charge on any atom is -0.358 e. The summed E-state index contributed by atoms with van der Waals surface area (Å²) in [6.07, 6.45) is 2.23. The second-order valence-corrected chi connectivity index (χ2v) is 11.6. The minimum atomic E-state index is -1.39. The molecule has 33 heavy (non-hydrogen) atoms. The van der Waals surface area contributed by atoms with Gasteiger partial charge in [0.1, 0.15) is 8.80 Å². The Morgan fingerprint density at radius 3 is 1.76 bits per heavy atom. The molecule has 0 aliphatic rings. The van der Waals surface area contributed by atoms with Crippen LogP contribution in [0.25, 0.3) is 0 Å². The first kappa shape index (κ1) is 33.9. The summed E-state index contributed by atoms with van der Waals surface area (Å²) in [5, 5.41) is 3.24. The topological polar surface area (TPSA) is 0 Å². The summed E-state index contributed by atoms with van der Waals surface area (Å²) in [7, 11) is -1.39. The maximum absolute atomic E-state index is 2.52. The molecule has 0 saturated carbocycles. The molecule has 0 N–H and O–H groups in total. The van der Waals surface area contributed by atoms with Gasteiger partial charge < -0.3 is 22.3 Å². The Balaban J connectivity index is 0. The molecule has 3 aromatic carbocycles. The summed E-state index contributed by atoms with van der Waals surface area (Å²) in [5.41, 5.74) is 13.5. The third kappa shape index (κ3) is 6.87. The van der Waals surface area contributed by atoms with Crippen molar-refractivity contribution < 1.29 is 21.7 Å². The average Bonchev–Trinajstić information content (AvgIpc) is 2.91. The fourth-order valence-corrected chi connectivity index (χ4v) is 8.53. The van der Waals surface area contributed by atoms with Gasteiger partial charge in [-0.15, -0.1) is 0 Å². The zero-order valence-electron chi connectivity index (χ0n) is 23.2. The molecule has 0 heterocycles. The molecule has 0 aliphatic heterocycles. The van der Waals surface area contributed by atoms with Gasteiger partial charge in [-0.3, -0.25) is 0 Å². The first-order chi connectivity index (χ1) is 13.8. The van der Waals surface area contributed by atoms with Gasteiger partial charge in [0, 0.05) is 0 Å². The van der Waals surface area contributed by atoms with Crippen molar-refractivity contribution >= 4 is 19.2 Å². The van der Waals surface area contributed by atoms with Crippen molar-refractivity contribution in [3.8, 4) is 0 Å². The van der Waals surface area contributed by atoms with Gasteiger partial charge in [0.15, 0.2) is 0 Å². The van der Waals surface area contributed by atoms with Gasteiger partial charge in [-0.1, -0.05) is 88.3 Å². The summed E-state index contributed by atoms with van der Waals surface area (Å²) < 4.78 is 0. The molecule has 0 saturated heterocycles. The van der Waals surface area contributed by atoms with Crippen LogP contribution in [0.2, 0.25) is 0 Å². The summed E-state index contributed by atoms with van der Waals surface area (Å²) in [4.78, 5) is 0. The molecule has 0 radical (unpaired) electrons. The van der Waals surface area contributed by atoms with Gasteiger partial charge in [0.2, 0.25) is 0 Å². The molecule has 1 atom stereocenters. The number of benzene rings is 2. The van der Waals surface area contributed by atoms with Gasteiger partial charge in [-0.2, -0.15) is 27.8 Å². The Kier molecular flexibility index (Phi) is 14.6. The Labute approximate surface area is 223 Å². The average molecular weight is 495 g/mol. The molecule has 3 rings (SSSR count). The van der Waals surface area contributed by atoms with Crippen molar-refractivity contribution in [2.24, 2.45) is 0 Å². The minimum absolute atomic E-state index is 0. The van der Waals surface area contributed by atoms with E-state index in [9.17, 15) is 0 Å². The molecule has 3 aromatic rings. The van der Waals surface area contributed by atoms with E-state index in [4.69, 9.17) is 0 Å². The molecular weight excluding hydrogens is 448 g/mol. The number of hydrogen-bond acceptors (Lipinski definition) is 0. The largest absolute Gasteiger partial charge is 4.00 e. The van der Waals surface area contributed by atoms with Crippen LogP contribution in [0.4, 0.5) is 0 Å². The summed E-state index contributed by atoms with van der Waals surface area (Å²) in [5.74, 6) is 0. The van der Waals surface area contributed by atoms with Crippen molar-refractivity contribution in [1.82, 2.24) is 0 Å². The van der Waals surface area contributed by atoms with Crippen LogP contribution < -0.4 is 10.4 Å².